The minimum Gasteiger partial charge on any atom is -0.497 e. The van der Waals surface area contributed by atoms with Crippen LogP contribution in [0.5, 0.6) is 28.7 Å². The average Bonchev–Trinajstić information content (AvgIpc) is 2.80. The molecule has 0 aliphatic carbocycles. The number of rotatable bonds is 7. The molecule has 4 aromatic rings. The van der Waals surface area contributed by atoms with Gasteiger partial charge in [0, 0.05) is 6.07 Å². The molecule has 158 valence electrons. The lowest BCUT2D eigenvalue weighted by Crippen LogP contribution is -2.08. The largest absolute Gasteiger partial charge is 0.497 e. The quantitative estimate of drug-likeness (QED) is 0.395. The van der Waals surface area contributed by atoms with Gasteiger partial charge < -0.3 is 23.4 Å². The number of hydrogen-bond donors (Lipinski definition) is 0. The van der Waals surface area contributed by atoms with Crippen molar-refractivity contribution in [2.24, 2.45) is 0 Å². The number of hydrogen-bond acceptors (Lipinski definition) is 6. The first-order valence-electron chi connectivity index (χ1n) is 9.73. The van der Waals surface area contributed by atoms with E-state index in [1.165, 1.54) is 0 Å². The van der Waals surface area contributed by atoms with Crippen LogP contribution < -0.4 is 24.4 Å². The summed E-state index contributed by atoms with van der Waals surface area (Å²) in [6.07, 6.45) is 0. The molecule has 0 saturated heterocycles. The van der Waals surface area contributed by atoms with Crippen LogP contribution in [0.2, 0.25) is 0 Å². The normalized spacial score (nSPS) is 10.7. The van der Waals surface area contributed by atoms with Crippen molar-refractivity contribution in [3.63, 3.8) is 0 Å². The van der Waals surface area contributed by atoms with Crippen molar-refractivity contribution in [1.29, 1.82) is 0 Å². The van der Waals surface area contributed by atoms with Gasteiger partial charge in [-0.05, 0) is 48.9 Å². The van der Waals surface area contributed by atoms with E-state index in [4.69, 9.17) is 23.4 Å². The number of fused-ring (bicyclic) bond motifs is 1. The summed E-state index contributed by atoms with van der Waals surface area (Å²) >= 11 is 0. The van der Waals surface area contributed by atoms with Crippen LogP contribution >= 0.6 is 0 Å². The Kier molecular flexibility index (Phi) is 5.80. The van der Waals surface area contributed by atoms with Crippen molar-refractivity contribution in [3.8, 4) is 28.7 Å². The highest BCUT2D eigenvalue weighted by atomic mass is 16.5. The maximum Gasteiger partial charge on any atom is 0.235 e. The lowest BCUT2D eigenvalue weighted by molar-refractivity contribution is 0.305. The third-order valence-corrected chi connectivity index (χ3v) is 4.81. The van der Waals surface area contributed by atoms with Gasteiger partial charge in [-0.1, -0.05) is 24.3 Å². The monoisotopic (exact) mass is 418 g/mol. The third-order valence-electron chi connectivity index (χ3n) is 4.81. The number of benzene rings is 3. The molecular weight excluding hydrogens is 396 g/mol. The first-order valence-corrected chi connectivity index (χ1v) is 9.73. The lowest BCUT2D eigenvalue weighted by Gasteiger charge is -2.12. The van der Waals surface area contributed by atoms with E-state index in [1.54, 1.807) is 51.5 Å². The number of ether oxygens (including phenoxy) is 4. The second-order valence-corrected chi connectivity index (χ2v) is 6.87. The summed E-state index contributed by atoms with van der Waals surface area (Å²) in [4.78, 5) is 13.0. The molecule has 0 N–H and O–H groups in total. The van der Waals surface area contributed by atoms with Gasteiger partial charge in [0.25, 0.3) is 0 Å². The van der Waals surface area contributed by atoms with E-state index < -0.39 is 0 Å². The van der Waals surface area contributed by atoms with Gasteiger partial charge >= 0.3 is 0 Å². The van der Waals surface area contributed by atoms with Crippen molar-refractivity contribution < 1.29 is 23.4 Å². The van der Waals surface area contributed by atoms with Gasteiger partial charge in [-0.3, -0.25) is 4.79 Å². The molecular formula is C25H22O6. The fraction of sp³-hybridized carbons (Fsp3) is 0.160. The molecule has 3 aromatic carbocycles. The Labute approximate surface area is 179 Å². The Bertz CT molecular complexity index is 1270. The summed E-state index contributed by atoms with van der Waals surface area (Å²) in [6.45, 7) is 2.05. The topological polar surface area (TPSA) is 67.1 Å². The molecule has 0 aliphatic rings. The van der Waals surface area contributed by atoms with E-state index >= 15 is 0 Å². The van der Waals surface area contributed by atoms with Gasteiger partial charge in [0.1, 0.15) is 29.4 Å². The molecule has 0 saturated carbocycles. The molecule has 6 nitrogen and oxygen atoms in total. The van der Waals surface area contributed by atoms with Crippen molar-refractivity contribution in [2.75, 3.05) is 14.2 Å². The highest BCUT2D eigenvalue weighted by Crippen LogP contribution is 2.32. The van der Waals surface area contributed by atoms with Crippen molar-refractivity contribution in [3.05, 3.63) is 88.3 Å². The Morgan fingerprint density at radius 2 is 1.65 bits per heavy atom. The van der Waals surface area contributed by atoms with Gasteiger partial charge in [-0.25, -0.2) is 0 Å². The van der Waals surface area contributed by atoms with Gasteiger partial charge in [0.05, 0.1) is 19.6 Å². The molecule has 0 atom stereocenters. The maximum atomic E-state index is 13.0. The Hall–Kier alpha value is -3.93. The van der Waals surface area contributed by atoms with Gasteiger partial charge in [-0.2, -0.15) is 0 Å². The van der Waals surface area contributed by atoms with Gasteiger partial charge in [-0.15, -0.1) is 0 Å². The highest BCUT2D eigenvalue weighted by Gasteiger charge is 2.16. The summed E-state index contributed by atoms with van der Waals surface area (Å²) in [5, 5.41) is 0.407. The van der Waals surface area contributed by atoms with E-state index in [2.05, 4.69) is 0 Å². The Morgan fingerprint density at radius 1 is 0.839 bits per heavy atom. The summed E-state index contributed by atoms with van der Waals surface area (Å²) in [5.41, 5.74) is 1.14. The molecule has 0 spiro atoms. The summed E-state index contributed by atoms with van der Waals surface area (Å²) in [5.74, 6) is 2.83. The molecule has 6 heteroatoms. The number of aryl methyl sites for hydroxylation is 1. The Morgan fingerprint density at radius 3 is 2.42 bits per heavy atom. The summed E-state index contributed by atoms with van der Waals surface area (Å²) in [7, 11) is 3.17. The molecule has 4 rings (SSSR count). The van der Waals surface area contributed by atoms with E-state index in [0.29, 0.717) is 40.6 Å². The van der Waals surface area contributed by atoms with Crippen molar-refractivity contribution in [2.45, 2.75) is 13.5 Å². The van der Waals surface area contributed by atoms with Gasteiger partial charge in [0.2, 0.25) is 11.2 Å². The molecule has 0 unspecified atom stereocenters. The van der Waals surface area contributed by atoms with Crippen molar-refractivity contribution >= 4 is 11.0 Å². The second kappa shape index (κ2) is 8.83. The fourth-order valence-electron chi connectivity index (χ4n) is 3.22. The molecule has 1 heterocycles. The van der Waals surface area contributed by atoms with E-state index in [9.17, 15) is 4.79 Å². The standard InChI is InChI=1S/C25H22O6/c1-16-25(31-22-10-5-4-9-21(22)28-3)24(26)20-12-11-19(14-23(20)30-16)29-15-17-7-6-8-18(13-17)27-2/h4-14H,15H2,1-3H3. The van der Waals surface area contributed by atoms with Crippen LogP contribution in [0, 0.1) is 6.92 Å². The first kappa shape index (κ1) is 20.3. The number of para-hydroxylation sites is 2. The van der Waals surface area contributed by atoms with Crippen LogP contribution in [0.15, 0.2) is 75.9 Å². The highest BCUT2D eigenvalue weighted by molar-refractivity contribution is 5.79. The molecule has 31 heavy (non-hydrogen) atoms. The van der Waals surface area contributed by atoms with Crippen LogP contribution in [-0.2, 0) is 6.61 Å². The van der Waals surface area contributed by atoms with E-state index in [0.717, 1.165) is 11.3 Å². The average molecular weight is 418 g/mol. The van der Waals surface area contributed by atoms with Crippen LogP contribution in [0.25, 0.3) is 11.0 Å². The van der Waals surface area contributed by atoms with Gasteiger partial charge in [0.15, 0.2) is 11.5 Å². The van der Waals surface area contributed by atoms with Crippen LogP contribution in [0.3, 0.4) is 0 Å². The van der Waals surface area contributed by atoms with Crippen LogP contribution in [-0.4, -0.2) is 14.2 Å². The second-order valence-electron chi connectivity index (χ2n) is 6.87. The zero-order valence-electron chi connectivity index (χ0n) is 17.5. The summed E-state index contributed by atoms with van der Waals surface area (Å²) in [6, 6.07) is 19.9. The number of methoxy groups -OCH3 is 2. The molecule has 0 radical (unpaired) electrons. The molecule has 0 amide bonds. The lowest BCUT2D eigenvalue weighted by atomic mass is 10.2. The minimum atomic E-state index is -0.260. The fourth-order valence-corrected chi connectivity index (χ4v) is 3.22. The van der Waals surface area contributed by atoms with E-state index in [1.807, 2.05) is 36.4 Å². The minimum absolute atomic E-state index is 0.127. The predicted octanol–water partition coefficient (Wildman–Crippen LogP) is 5.49. The third kappa shape index (κ3) is 4.33. The molecule has 1 aromatic heterocycles. The first-order chi connectivity index (χ1) is 15.1. The van der Waals surface area contributed by atoms with E-state index in [-0.39, 0.29) is 11.2 Å². The van der Waals surface area contributed by atoms with Crippen LogP contribution in [0.4, 0.5) is 0 Å². The summed E-state index contributed by atoms with van der Waals surface area (Å²) < 4.78 is 28.1. The maximum absolute atomic E-state index is 13.0. The molecule has 0 bridgehead atoms. The zero-order valence-corrected chi connectivity index (χ0v) is 17.5. The predicted molar refractivity (Wildman–Crippen MR) is 118 cm³/mol. The smallest absolute Gasteiger partial charge is 0.235 e. The molecule has 0 aliphatic heterocycles. The van der Waals surface area contributed by atoms with Crippen LogP contribution in [0.1, 0.15) is 11.3 Å². The zero-order chi connectivity index (χ0) is 21.8. The molecule has 0 fully saturated rings. The van der Waals surface area contributed by atoms with Crippen molar-refractivity contribution in [1.82, 2.24) is 0 Å². The Balaban J connectivity index is 1.61. The SMILES string of the molecule is COc1cccc(COc2ccc3c(=O)c(Oc4ccccc4OC)c(C)oc3c2)c1.